The summed E-state index contributed by atoms with van der Waals surface area (Å²) in [5.74, 6) is -1.28. The van der Waals surface area contributed by atoms with Crippen LogP contribution in [0.15, 0.2) is 10.5 Å². The van der Waals surface area contributed by atoms with Gasteiger partial charge in [0.2, 0.25) is 5.76 Å². The molecule has 1 aromatic heterocycles. The zero-order chi connectivity index (χ0) is 15.6. The van der Waals surface area contributed by atoms with Crippen molar-refractivity contribution < 1.29 is 27.1 Å². The number of carbonyl (C=O) groups is 1. The minimum atomic E-state index is -4.16. The van der Waals surface area contributed by atoms with Crippen molar-refractivity contribution in [1.82, 2.24) is 4.90 Å². The molecule has 1 aromatic rings. The average molecular weight is 305 g/mol. The van der Waals surface area contributed by atoms with Gasteiger partial charge in [0.15, 0.2) is 0 Å². The fourth-order valence-corrected chi connectivity index (χ4v) is 2.61. The van der Waals surface area contributed by atoms with Gasteiger partial charge in [-0.05, 0) is 32.4 Å². The average Bonchev–Trinajstić information content (AvgIpc) is 2.78. The van der Waals surface area contributed by atoms with Crippen molar-refractivity contribution in [3.63, 3.8) is 0 Å². The van der Waals surface area contributed by atoms with Gasteiger partial charge in [-0.1, -0.05) is 0 Å². The number of aryl methyl sites for hydroxylation is 1. The van der Waals surface area contributed by atoms with E-state index in [1.54, 1.807) is 17.9 Å². The molecule has 7 heteroatoms. The van der Waals surface area contributed by atoms with Crippen molar-refractivity contribution in [2.45, 2.75) is 32.5 Å². The lowest BCUT2D eigenvalue weighted by Gasteiger charge is -2.33. The number of esters is 1. The minimum absolute atomic E-state index is 0.0309. The first-order chi connectivity index (χ1) is 9.81. The molecule has 1 unspecified atom stereocenters. The second-order valence-corrected chi connectivity index (χ2v) is 5.33. The van der Waals surface area contributed by atoms with E-state index in [1.807, 2.05) is 0 Å². The van der Waals surface area contributed by atoms with Crippen molar-refractivity contribution in [1.29, 1.82) is 0 Å². The number of piperidine rings is 1. The van der Waals surface area contributed by atoms with E-state index in [9.17, 15) is 18.0 Å². The van der Waals surface area contributed by atoms with Gasteiger partial charge in [-0.3, -0.25) is 4.90 Å². The summed E-state index contributed by atoms with van der Waals surface area (Å²) >= 11 is 0. The van der Waals surface area contributed by atoms with Gasteiger partial charge in [0.05, 0.1) is 19.6 Å². The summed E-state index contributed by atoms with van der Waals surface area (Å²) in [6.45, 7) is 2.54. The van der Waals surface area contributed by atoms with Crippen LogP contribution in [0.1, 0.15) is 34.7 Å². The number of hydrogen-bond acceptors (Lipinski definition) is 4. The van der Waals surface area contributed by atoms with E-state index in [0.29, 0.717) is 24.3 Å². The maximum Gasteiger partial charge on any atom is 0.393 e. The van der Waals surface area contributed by atoms with Crippen molar-refractivity contribution in [2.75, 3.05) is 20.2 Å². The van der Waals surface area contributed by atoms with Gasteiger partial charge in [-0.2, -0.15) is 13.2 Å². The Morgan fingerprint density at radius 1 is 1.52 bits per heavy atom. The van der Waals surface area contributed by atoms with Gasteiger partial charge in [0, 0.05) is 12.1 Å². The third-order valence-corrected chi connectivity index (χ3v) is 3.69. The Morgan fingerprint density at radius 3 is 2.86 bits per heavy atom. The van der Waals surface area contributed by atoms with Crippen LogP contribution in [-0.2, 0) is 11.3 Å². The van der Waals surface area contributed by atoms with Gasteiger partial charge in [-0.15, -0.1) is 0 Å². The zero-order valence-corrected chi connectivity index (χ0v) is 12.0. The van der Waals surface area contributed by atoms with Gasteiger partial charge >= 0.3 is 12.1 Å². The Morgan fingerprint density at radius 2 is 2.24 bits per heavy atom. The first kappa shape index (κ1) is 15.9. The highest BCUT2D eigenvalue weighted by atomic mass is 19.4. The number of alkyl halides is 3. The number of carbonyl (C=O) groups excluding carboxylic acids is 1. The fraction of sp³-hybridized carbons (Fsp3) is 0.643. The number of likely N-dealkylation sites (tertiary alicyclic amines) is 1. The highest BCUT2D eigenvalue weighted by molar-refractivity contribution is 5.87. The number of hydrogen-bond donors (Lipinski definition) is 0. The third kappa shape index (κ3) is 3.78. The van der Waals surface area contributed by atoms with Crippen LogP contribution >= 0.6 is 0 Å². The molecule has 0 spiro atoms. The van der Waals surface area contributed by atoms with Crippen LogP contribution in [0.3, 0.4) is 0 Å². The van der Waals surface area contributed by atoms with Crippen LogP contribution in [0, 0.1) is 12.8 Å². The van der Waals surface area contributed by atoms with E-state index >= 15 is 0 Å². The highest BCUT2D eigenvalue weighted by Crippen LogP contribution is 2.33. The quantitative estimate of drug-likeness (QED) is 0.805. The highest BCUT2D eigenvalue weighted by Gasteiger charge is 2.41. The van der Waals surface area contributed by atoms with Crippen molar-refractivity contribution in [3.8, 4) is 0 Å². The van der Waals surface area contributed by atoms with Crippen molar-refractivity contribution in [2.24, 2.45) is 5.92 Å². The molecule has 0 aromatic carbocycles. The molecular formula is C14H18F3NO3. The molecule has 0 radical (unpaired) electrons. The standard InChI is InChI=1S/C14H18F3NO3/c1-9-6-11(21-12(9)13(19)20-2)8-18-5-3-4-10(7-18)14(15,16)17/h6,10H,3-5,7-8H2,1-2H3. The molecule has 1 fully saturated rings. The SMILES string of the molecule is COC(=O)c1oc(CN2CCCC(C(F)(F)F)C2)cc1C. The Bertz CT molecular complexity index is 510. The first-order valence-corrected chi connectivity index (χ1v) is 6.78. The smallest absolute Gasteiger partial charge is 0.393 e. The van der Waals surface area contributed by atoms with Gasteiger partial charge in [-0.25, -0.2) is 4.79 Å². The monoisotopic (exact) mass is 305 g/mol. The summed E-state index contributed by atoms with van der Waals surface area (Å²) in [5, 5.41) is 0. The molecule has 1 aliphatic rings. The van der Waals surface area contributed by atoms with E-state index < -0.39 is 18.1 Å². The van der Waals surface area contributed by atoms with E-state index in [2.05, 4.69) is 4.74 Å². The van der Waals surface area contributed by atoms with E-state index in [4.69, 9.17) is 4.42 Å². The minimum Gasteiger partial charge on any atom is -0.463 e. The topological polar surface area (TPSA) is 42.7 Å². The molecule has 0 N–H and O–H groups in total. The normalized spacial score (nSPS) is 20.5. The molecule has 2 rings (SSSR count). The molecule has 2 heterocycles. The summed E-state index contributed by atoms with van der Waals surface area (Å²) in [6.07, 6.45) is -3.48. The number of halogens is 3. The Hall–Kier alpha value is -1.50. The van der Waals surface area contributed by atoms with E-state index in [-0.39, 0.29) is 25.3 Å². The number of rotatable bonds is 3. The fourth-order valence-electron chi connectivity index (χ4n) is 2.61. The molecule has 1 saturated heterocycles. The lowest BCUT2D eigenvalue weighted by atomic mass is 9.97. The van der Waals surface area contributed by atoms with Crippen molar-refractivity contribution >= 4 is 5.97 Å². The second kappa shape index (κ2) is 6.09. The van der Waals surface area contributed by atoms with Crippen LogP contribution in [0.25, 0.3) is 0 Å². The number of nitrogens with zero attached hydrogens (tertiary/aromatic N) is 1. The molecule has 21 heavy (non-hydrogen) atoms. The number of ether oxygens (including phenoxy) is 1. The van der Waals surface area contributed by atoms with Gasteiger partial charge in [0.25, 0.3) is 0 Å². The number of furan rings is 1. The summed E-state index contributed by atoms with van der Waals surface area (Å²) in [6, 6.07) is 1.67. The Balaban J connectivity index is 2.03. The largest absolute Gasteiger partial charge is 0.463 e. The zero-order valence-electron chi connectivity index (χ0n) is 12.0. The van der Waals surface area contributed by atoms with E-state index in [1.165, 1.54) is 7.11 Å². The predicted octanol–water partition coefficient (Wildman–Crippen LogP) is 3.15. The van der Waals surface area contributed by atoms with Crippen LogP contribution < -0.4 is 0 Å². The summed E-state index contributed by atoms with van der Waals surface area (Å²) in [5.41, 5.74) is 0.626. The molecule has 4 nitrogen and oxygen atoms in total. The predicted molar refractivity (Wildman–Crippen MR) is 68.8 cm³/mol. The van der Waals surface area contributed by atoms with Crippen LogP contribution in [0.2, 0.25) is 0 Å². The van der Waals surface area contributed by atoms with Gasteiger partial charge in [0.1, 0.15) is 5.76 Å². The van der Waals surface area contributed by atoms with Crippen LogP contribution in [0.4, 0.5) is 13.2 Å². The molecule has 0 saturated carbocycles. The lowest BCUT2D eigenvalue weighted by Crippen LogP contribution is -2.41. The molecule has 0 bridgehead atoms. The molecule has 1 aliphatic heterocycles. The second-order valence-electron chi connectivity index (χ2n) is 5.33. The lowest BCUT2D eigenvalue weighted by molar-refractivity contribution is -0.187. The maximum absolute atomic E-state index is 12.8. The molecule has 0 aliphatic carbocycles. The van der Waals surface area contributed by atoms with Crippen LogP contribution in [-0.4, -0.2) is 37.2 Å². The summed E-state index contributed by atoms with van der Waals surface area (Å²) < 4.78 is 48.3. The third-order valence-electron chi connectivity index (χ3n) is 3.69. The molecule has 0 amide bonds. The molecule has 1 atom stereocenters. The number of methoxy groups -OCH3 is 1. The van der Waals surface area contributed by atoms with Gasteiger partial charge < -0.3 is 9.15 Å². The molecule has 118 valence electrons. The first-order valence-electron chi connectivity index (χ1n) is 6.78. The summed E-state index contributed by atoms with van der Waals surface area (Å²) in [7, 11) is 1.25. The summed E-state index contributed by atoms with van der Waals surface area (Å²) in [4.78, 5) is 13.2. The maximum atomic E-state index is 12.8. The molecular weight excluding hydrogens is 287 g/mol. The van der Waals surface area contributed by atoms with Crippen LogP contribution in [0.5, 0.6) is 0 Å². The van der Waals surface area contributed by atoms with Crippen molar-refractivity contribution in [3.05, 3.63) is 23.2 Å². The Labute approximate surface area is 120 Å². The van der Waals surface area contributed by atoms with E-state index in [0.717, 1.165) is 0 Å². The Kier molecular flexibility index (Phi) is 4.61.